The van der Waals surface area contributed by atoms with E-state index >= 15 is 0 Å². The molecule has 0 radical (unpaired) electrons. The van der Waals surface area contributed by atoms with E-state index in [9.17, 15) is 0 Å². The molecule has 3 nitrogen and oxygen atoms in total. The molecule has 0 unspecified atom stereocenters. The van der Waals surface area contributed by atoms with Gasteiger partial charge in [0.15, 0.2) is 0 Å². The number of nitrogens with one attached hydrogen (secondary N) is 1. The van der Waals surface area contributed by atoms with Crippen LogP contribution in [0.25, 0.3) is 0 Å². The van der Waals surface area contributed by atoms with Crippen LogP contribution in [-0.2, 0) is 4.74 Å². The smallest absolute Gasteiger partial charge is 0.0593 e. The van der Waals surface area contributed by atoms with E-state index in [2.05, 4.69) is 24.1 Å². The quantitative estimate of drug-likeness (QED) is 0.654. The first kappa shape index (κ1) is 11.0. The number of piperazine rings is 1. The van der Waals surface area contributed by atoms with Gasteiger partial charge in [-0.1, -0.05) is 0 Å². The van der Waals surface area contributed by atoms with Crippen molar-refractivity contribution in [3.63, 3.8) is 0 Å². The lowest BCUT2D eigenvalue weighted by molar-refractivity contribution is 0.0612. The third-order valence-electron chi connectivity index (χ3n) is 2.71. The van der Waals surface area contributed by atoms with Crippen LogP contribution in [0.4, 0.5) is 0 Å². The number of hydrogen-bond acceptors (Lipinski definition) is 3. The largest absolute Gasteiger partial charge is 0.380 e. The highest BCUT2D eigenvalue weighted by atomic mass is 16.5. The standard InChI is InChI=1S/C10H22N2O/c1-4-13-6-5-12-9(2)7-11-8-10(12)3/h9-11H,4-8H2,1-3H3/t9-,10-/m1/s1. The number of nitrogens with zero attached hydrogens (tertiary/aromatic N) is 1. The second-order valence-electron chi connectivity index (χ2n) is 3.79. The Bertz CT molecular complexity index is 131. The van der Waals surface area contributed by atoms with Crippen molar-refractivity contribution in [1.82, 2.24) is 10.2 Å². The van der Waals surface area contributed by atoms with Crippen molar-refractivity contribution in [2.24, 2.45) is 0 Å². The molecule has 2 atom stereocenters. The van der Waals surface area contributed by atoms with Crippen molar-refractivity contribution < 1.29 is 4.74 Å². The van der Waals surface area contributed by atoms with Crippen molar-refractivity contribution in [2.45, 2.75) is 32.9 Å². The zero-order valence-corrected chi connectivity index (χ0v) is 9.05. The summed E-state index contributed by atoms with van der Waals surface area (Å²) in [6.07, 6.45) is 0. The SMILES string of the molecule is CCOCCN1[C@H](C)CNC[C@H]1C. The molecule has 0 aromatic rings. The van der Waals surface area contributed by atoms with E-state index in [1.807, 2.05) is 6.92 Å². The van der Waals surface area contributed by atoms with Gasteiger partial charge in [0.25, 0.3) is 0 Å². The van der Waals surface area contributed by atoms with Crippen molar-refractivity contribution >= 4 is 0 Å². The molecular formula is C10H22N2O. The number of rotatable bonds is 4. The van der Waals surface area contributed by atoms with Crippen molar-refractivity contribution in [3.05, 3.63) is 0 Å². The molecule has 13 heavy (non-hydrogen) atoms. The van der Waals surface area contributed by atoms with Gasteiger partial charge >= 0.3 is 0 Å². The Hall–Kier alpha value is -0.120. The summed E-state index contributed by atoms with van der Waals surface area (Å²) in [5, 5.41) is 3.42. The highest BCUT2D eigenvalue weighted by Crippen LogP contribution is 2.08. The average molecular weight is 186 g/mol. The van der Waals surface area contributed by atoms with E-state index in [0.29, 0.717) is 12.1 Å². The minimum Gasteiger partial charge on any atom is -0.380 e. The Morgan fingerprint density at radius 2 is 1.92 bits per heavy atom. The van der Waals surface area contributed by atoms with Crippen LogP contribution in [0, 0.1) is 0 Å². The molecule has 1 aliphatic heterocycles. The van der Waals surface area contributed by atoms with Crippen LogP contribution in [0.2, 0.25) is 0 Å². The predicted molar refractivity (Wildman–Crippen MR) is 55.0 cm³/mol. The lowest BCUT2D eigenvalue weighted by Crippen LogP contribution is -2.55. The van der Waals surface area contributed by atoms with Crippen molar-refractivity contribution in [3.8, 4) is 0 Å². The molecule has 1 N–H and O–H groups in total. The monoisotopic (exact) mass is 186 g/mol. The second kappa shape index (κ2) is 5.58. The highest BCUT2D eigenvalue weighted by Gasteiger charge is 2.23. The molecule has 0 bridgehead atoms. The Morgan fingerprint density at radius 3 is 2.46 bits per heavy atom. The van der Waals surface area contributed by atoms with E-state index in [4.69, 9.17) is 4.74 Å². The molecule has 0 aliphatic carbocycles. The zero-order chi connectivity index (χ0) is 9.68. The molecule has 1 fully saturated rings. The summed E-state index contributed by atoms with van der Waals surface area (Å²) in [6, 6.07) is 1.29. The van der Waals surface area contributed by atoms with Crippen molar-refractivity contribution in [2.75, 3.05) is 32.8 Å². The lowest BCUT2D eigenvalue weighted by Gasteiger charge is -2.39. The molecule has 0 aromatic carbocycles. The Kier molecular flexibility index (Phi) is 4.70. The van der Waals surface area contributed by atoms with E-state index in [1.54, 1.807) is 0 Å². The molecule has 1 rings (SSSR count). The summed E-state index contributed by atoms with van der Waals surface area (Å²) in [6.45, 7) is 11.6. The van der Waals surface area contributed by atoms with Crippen LogP contribution >= 0.6 is 0 Å². The minimum absolute atomic E-state index is 0.643. The van der Waals surface area contributed by atoms with Crippen LogP contribution in [0.15, 0.2) is 0 Å². The topological polar surface area (TPSA) is 24.5 Å². The first-order chi connectivity index (χ1) is 6.25. The maximum absolute atomic E-state index is 5.37. The lowest BCUT2D eigenvalue weighted by atomic mass is 10.1. The van der Waals surface area contributed by atoms with Gasteiger partial charge < -0.3 is 10.1 Å². The van der Waals surface area contributed by atoms with Gasteiger partial charge in [0.05, 0.1) is 6.61 Å². The van der Waals surface area contributed by atoms with Gasteiger partial charge in [-0.05, 0) is 20.8 Å². The van der Waals surface area contributed by atoms with Gasteiger partial charge in [0.2, 0.25) is 0 Å². The van der Waals surface area contributed by atoms with Crippen LogP contribution in [0.3, 0.4) is 0 Å². The molecule has 1 saturated heterocycles. The predicted octanol–water partition coefficient (Wildman–Crippen LogP) is 0.705. The van der Waals surface area contributed by atoms with E-state index in [-0.39, 0.29) is 0 Å². The Morgan fingerprint density at radius 1 is 1.31 bits per heavy atom. The maximum Gasteiger partial charge on any atom is 0.0593 e. The summed E-state index contributed by atoms with van der Waals surface area (Å²) in [7, 11) is 0. The van der Waals surface area contributed by atoms with Gasteiger partial charge in [0, 0.05) is 38.3 Å². The molecular weight excluding hydrogens is 164 g/mol. The van der Waals surface area contributed by atoms with Gasteiger partial charge in [0.1, 0.15) is 0 Å². The third-order valence-corrected chi connectivity index (χ3v) is 2.71. The number of hydrogen-bond donors (Lipinski definition) is 1. The van der Waals surface area contributed by atoms with Crippen LogP contribution in [0.5, 0.6) is 0 Å². The fourth-order valence-electron chi connectivity index (χ4n) is 1.93. The summed E-state index contributed by atoms with van der Waals surface area (Å²) in [5.41, 5.74) is 0. The second-order valence-corrected chi connectivity index (χ2v) is 3.79. The van der Waals surface area contributed by atoms with E-state index in [1.165, 1.54) is 0 Å². The molecule has 1 heterocycles. The van der Waals surface area contributed by atoms with Gasteiger partial charge in [-0.3, -0.25) is 4.90 Å². The van der Waals surface area contributed by atoms with Crippen LogP contribution in [-0.4, -0.2) is 49.8 Å². The van der Waals surface area contributed by atoms with Crippen molar-refractivity contribution in [1.29, 1.82) is 0 Å². The van der Waals surface area contributed by atoms with Gasteiger partial charge in [-0.15, -0.1) is 0 Å². The molecule has 1 aliphatic rings. The molecule has 0 amide bonds. The van der Waals surface area contributed by atoms with Crippen LogP contribution in [0.1, 0.15) is 20.8 Å². The van der Waals surface area contributed by atoms with Crippen LogP contribution < -0.4 is 5.32 Å². The third kappa shape index (κ3) is 3.25. The first-order valence-corrected chi connectivity index (χ1v) is 5.30. The molecule has 78 valence electrons. The average Bonchev–Trinajstić information content (AvgIpc) is 2.10. The molecule has 0 spiro atoms. The number of ether oxygens (including phenoxy) is 1. The summed E-state index contributed by atoms with van der Waals surface area (Å²) in [4.78, 5) is 2.52. The fourth-order valence-corrected chi connectivity index (χ4v) is 1.93. The first-order valence-electron chi connectivity index (χ1n) is 5.30. The fraction of sp³-hybridized carbons (Fsp3) is 1.00. The Labute approximate surface area is 81.4 Å². The van der Waals surface area contributed by atoms with E-state index in [0.717, 1.165) is 32.8 Å². The molecule has 0 aromatic heterocycles. The van der Waals surface area contributed by atoms with E-state index < -0.39 is 0 Å². The molecule has 3 heteroatoms. The van der Waals surface area contributed by atoms with Gasteiger partial charge in [-0.25, -0.2) is 0 Å². The normalized spacial score (nSPS) is 30.7. The zero-order valence-electron chi connectivity index (χ0n) is 9.05. The molecule has 0 saturated carbocycles. The minimum atomic E-state index is 0.643. The van der Waals surface area contributed by atoms with Gasteiger partial charge in [-0.2, -0.15) is 0 Å². The summed E-state index contributed by atoms with van der Waals surface area (Å²) in [5.74, 6) is 0. The summed E-state index contributed by atoms with van der Waals surface area (Å²) < 4.78 is 5.37. The maximum atomic E-state index is 5.37. The summed E-state index contributed by atoms with van der Waals surface area (Å²) >= 11 is 0. The Balaban J connectivity index is 2.26. The highest BCUT2D eigenvalue weighted by molar-refractivity contribution is 4.81.